The van der Waals surface area contributed by atoms with Crippen molar-refractivity contribution < 1.29 is 4.79 Å². The molecule has 6 nitrogen and oxygen atoms in total. The lowest BCUT2D eigenvalue weighted by atomic mass is 10.0. The van der Waals surface area contributed by atoms with E-state index in [2.05, 4.69) is 25.9 Å². The van der Waals surface area contributed by atoms with Crippen molar-refractivity contribution in [3.05, 3.63) is 21.2 Å². The topological polar surface area (TPSA) is 92.1 Å². The van der Waals surface area contributed by atoms with Crippen molar-refractivity contribution in [2.24, 2.45) is 5.73 Å². The Balaban J connectivity index is 2.39. The molecule has 1 aromatic heterocycles. The van der Waals surface area contributed by atoms with E-state index in [4.69, 9.17) is 5.73 Å². The van der Waals surface area contributed by atoms with E-state index in [1.54, 1.807) is 4.90 Å². The molecule has 1 unspecified atom stereocenters. The summed E-state index contributed by atoms with van der Waals surface area (Å²) >= 11 is 3.19. The van der Waals surface area contributed by atoms with Crippen molar-refractivity contribution in [2.75, 3.05) is 11.4 Å². The number of nitrogens with one attached hydrogen (secondary N) is 1. The molecule has 2 heterocycles. The lowest BCUT2D eigenvalue weighted by Crippen LogP contribution is -2.48. The van der Waals surface area contributed by atoms with E-state index in [0.29, 0.717) is 23.3 Å². The number of rotatable bonds is 2. The Morgan fingerprint density at radius 2 is 2.35 bits per heavy atom. The number of piperidine rings is 1. The molecule has 1 aliphatic rings. The van der Waals surface area contributed by atoms with Crippen molar-refractivity contribution >= 4 is 27.7 Å². The van der Waals surface area contributed by atoms with Crippen LogP contribution in [0, 0.1) is 0 Å². The van der Waals surface area contributed by atoms with Gasteiger partial charge in [-0.3, -0.25) is 9.59 Å². The molecule has 92 valence electrons. The molecule has 0 radical (unpaired) electrons. The molecule has 1 aliphatic heterocycles. The van der Waals surface area contributed by atoms with Gasteiger partial charge in [0.15, 0.2) is 5.82 Å². The zero-order valence-corrected chi connectivity index (χ0v) is 10.7. The molecule has 1 fully saturated rings. The second kappa shape index (κ2) is 4.87. The third-order valence-electron chi connectivity index (χ3n) is 2.88. The fourth-order valence-corrected chi connectivity index (χ4v) is 2.50. The number of halogens is 1. The number of H-pyrrole nitrogens is 1. The molecule has 1 saturated heterocycles. The molecule has 0 aromatic carbocycles. The van der Waals surface area contributed by atoms with Gasteiger partial charge in [-0.25, -0.2) is 4.98 Å². The van der Waals surface area contributed by atoms with Gasteiger partial charge in [0.1, 0.15) is 10.5 Å². The molecule has 1 amide bonds. The first-order chi connectivity index (χ1) is 8.11. The van der Waals surface area contributed by atoms with Gasteiger partial charge in [0.25, 0.3) is 5.56 Å². The van der Waals surface area contributed by atoms with Crippen LogP contribution in [-0.4, -0.2) is 28.5 Å². The molecule has 0 saturated carbocycles. The summed E-state index contributed by atoms with van der Waals surface area (Å²) in [5.74, 6) is 0.107. The average molecular weight is 301 g/mol. The number of anilines is 1. The molecule has 0 aliphatic carbocycles. The van der Waals surface area contributed by atoms with Gasteiger partial charge < -0.3 is 15.6 Å². The summed E-state index contributed by atoms with van der Waals surface area (Å²) in [6, 6.07) is -0.380. The summed E-state index contributed by atoms with van der Waals surface area (Å²) in [4.78, 5) is 31.2. The highest BCUT2D eigenvalue weighted by molar-refractivity contribution is 9.10. The average Bonchev–Trinajstić information content (AvgIpc) is 2.33. The molecular formula is C10H13BrN4O2. The zero-order valence-electron chi connectivity index (χ0n) is 9.15. The maximum absolute atomic E-state index is 11.5. The van der Waals surface area contributed by atoms with Crippen LogP contribution in [0.2, 0.25) is 0 Å². The molecule has 1 aromatic rings. The number of aromatic amines is 1. The predicted octanol–water partition coefficient (Wildman–Crippen LogP) is 0.377. The molecule has 3 N–H and O–H groups in total. The Morgan fingerprint density at radius 1 is 1.59 bits per heavy atom. The van der Waals surface area contributed by atoms with Crippen LogP contribution in [0.25, 0.3) is 0 Å². The number of primary amides is 1. The fourth-order valence-electron chi connectivity index (χ4n) is 2.05. The molecule has 17 heavy (non-hydrogen) atoms. The third-order valence-corrected chi connectivity index (χ3v) is 3.60. The summed E-state index contributed by atoms with van der Waals surface area (Å²) in [5.41, 5.74) is 5.11. The lowest BCUT2D eigenvalue weighted by Gasteiger charge is -2.34. The first-order valence-electron chi connectivity index (χ1n) is 5.40. The second-order valence-corrected chi connectivity index (χ2v) is 4.77. The van der Waals surface area contributed by atoms with Crippen molar-refractivity contribution in [3.8, 4) is 0 Å². The minimum Gasteiger partial charge on any atom is -0.368 e. The summed E-state index contributed by atoms with van der Waals surface area (Å²) < 4.78 is 0.341. The highest BCUT2D eigenvalue weighted by Gasteiger charge is 2.29. The van der Waals surface area contributed by atoms with Crippen LogP contribution < -0.4 is 16.2 Å². The largest absolute Gasteiger partial charge is 0.368 e. The van der Waals surface area contributed by atoms with Crippen LogP contribution in [0.15, 0.2) is 15.6 Å². The van der Waals surface area contributed by atoms with Gasteiger partial charge in [-0.2, -0.15) is 0 Å². The lowest BCUT2D eigenvalue weighted by molar-refractivity contribution is -0.119. The maximum Gasteiger partial charge on any atom is 0.267 e. The molecule has 7 heteroatoms. The monoisotopic (exact) mass is 300 g/mol. The summed E-state index contributed by atoms with van der Waals surface area (Å²) in [6.07, 6.45) is 3.96. The molecule has 0 spiro atoms. The van der Waals surface area contributed by atoms with Gasteiger partial charge in [0.05, 0.1) is 6.33 Å². The van der Waals surface area contributed by atoms with Crippen molar-refractivity contribution in [1.29, 1.82) is 0 Å². The number of amides is 1. The molecule has 0 bridgehead atoms. The maximum atomic E-state index is 11.5. The van der Waals surface area contributed by atoms with Crippen LogP contribution in [0.5, 0.6) is 0 Å². The van der Waals surface area contributed by atoms with Gasteiger partial charge in [-0.1, -0.05) is 0 Å². The Hall–Kier alpha value is -1.37. The van der Waals surface area contributed by atoms with Crippen molar-refractivity contribution in [2.45, 2.75) is 25.3 Å². The molecular weight excluding hydrogens is 288 g/mol. The number of nitrogens with zero attached hydrogens (tertiary/aromatic N) is 2. The zero-order chi connectivity index (χ0) is 12.4. The number of carbonyl (C=O) groups excluding carboxylic acids is 1. The number of carbonyl (C=O) groups is 1. The number of hydrogen-bond acceptors (Lipinski definition) is 4. The van der Waals surface area contributed by atoms with Gasteiger partial charge in [0, 0.05) is 6.54 Å². The van der Waals surface area contributed by atoms with E-state index in [-0.39, 0.29) is 17.5 Å². The molecule has 1 atom stereocenters. The number of nitrogens with two attached hydrogens (primary N) is 1. The Bertz CT molecular complexity index is 487. The van der Waals surface area contributed by atoms with Crippen LogP contribution in [0.4, 0.5) is 5.82 Å². The van der Waals surface area contributed by atoms with Gasteiger partial charge in [0.2, 0.25) is 5.91 Å². The first kappa shape index (κ1) is 12.1. The van der Waals surface area contributed by atoms with Crippen molar-refractivity contribution in [3.63, 3.8) is 0 Å². The Morgan fingerprint density at radius 3 is 3.06 bits per heavy atom. The van der Waals surface area contributed by atoms with E-state index in [1.807, 2.05) is 0 Å². The summed E-state index contributed by atoms with van der Waals surface area (Å²) in [6.45, 7) is 0.683. The highest BCUT2D eigenvalue weighted by Crippen LogP contribution is 2.26. The smallest absolute Gasteiger partial charge is 0.267 e. The number of aromatic nitrogens is 2. The normalized spacial score (nSPS) is 20.3. The highest BCUT2D eigenvalue weighted by atomic mass is 79.9. The summed E-state index contributed by atoms with van der Waals surface area (Å²) in [5, 5.41) is 0. The molecule has 2 rings (SSSR count). The minimum atomic E-state index is -0.380. The van der Waals surface area contributed by atoms with Gasteiger partial charge in [-0.05, 0) is 35.2 Å². The fraction of sp³-hybridized carbons (Fsp3) is 0.500. The Labute approximate surface area is 106 Å². The van der Waals surface area contributed by atoms with Crippen LogP contribution >= 0.6 is 15.9 Å². The van der Waals surface area contributed by atoms with E-state index >= 15 is 0 Å². The minimum absolute atomic E-state index is 0.260. The van der Waals surface area contributed by atoms with Crippen LogP contribution in [0.3, 0.4) is 0 Å². The predicted molar refractivity (Wildman–Crippen MR) is 66.7 cm³/mol. The second-order valence-electron chi connectivity index (χ2n) is 3.98. The van der Waals surface area contributed by atoms with E-state index < -0.39 is 0 Å². The van der Waals surface area contributed by atoms with E-state index in [0.717, 1.165) is 12.8 Å². The number of hydrogen-bond donors (Lipinski definition) is 2. The van der Waals surface area contributed by atoms with E-state index in [9.17, 15) is 9.59 Å². The third kappa shape index (κ3) is 2.33. The summed E-state index contributed by atoms with van der Waals surface area (Å²) in [7, 11) is 0. The first-order valence-corrected chi connectivity index (χ1v) is 6.19. The van der Waals surface area contributed by atoms with Crippen LogP contribution in [-0.2, 0) is 4.79 Å². The van der Waals surface area contributed by atoms with Crippen molar-refractivity contribution in [1.82, 2.24) is 9.97 Å². The van der Waals surface area contributed by atoms with E-state index in [1.165, 1.54) is 6.33 Å². The van der Waals surface area contributed by atoms with Gasteiger partial charge in [-0.15, -0.1) is 0 Å². The van der Waals surface area contributed by atoms with Gasteiger partial charge >= 0.3 is 0 Å². The standard InChI is InChI=1S/C10H13BrN4O2/c11-7-9(13-5-14-10(7)17)15-4-2-1-3-6(15)8(12)16/h5-6H,1-4H2,(H2,12,16)(H,13,14,17). The Kier molecular flexibility index (Phi) is 3.46. The SMILES string of the molecule is NC(=O)C1CCCCN1c1nc[nH]c(=O)c1Br. The van der Waals surface area contributed by atoms with Crippen LogP contribution in [0.1, 0.15) is 19.3 Å². The quantitative estimate of drug-likeness (QED) is 0.826.